The van der Waals surface area contributed by atoms with Crippen LogP contribution in [0, 0.1) is 0 Å². The summed E-state index contributed by atoms with van der Waals surface area (Å²) in [6.45, 7) is 4.51. The van der Waals surface area contributed by atoms with Gasteiger partial charge in [-0.15, -0.1) is 0 Å². The fraction of sp³-hybridized carbons (Fsp3) is 0.750. The van der Waals surface area contributed by atoms with Gasteiger partial charge in [0.1, 0.15) is 0 Å². The van der Waals surface area contributed by atoms with Gasteiger partial charge in [-0.25, -0.2) is 0 Å². The minimum atomic E-state index is 0.637. The van der Waals surface area contributed by atoms with E-state index in [4.69, 9.17) is 11.6 Å². The summed E-state index contributed by atoms with van der Waals surface area (Å²) in [6, 6.07) is 0. The molecule has 0 aliphatic carbocycles. The Labute approximate surface area is 43.0 Å². The molecule has 0 rings (SSSR count). The number of hydrogen-bond acceptors (Lipinski definition) is 1. The van der Waals surface area contributed by atoms with Crippen molar-refractivity contribution < 1.29 is 0 Å². The van der Waals surface area contributed by atoms with Crippen LogP contribution in [-0.4, -0.2) is 11.7 Å². The molecule has 0 saturated heterocycles. The van der Waals surface area contributed by atoms with Gasteiger partial charge in [0, 0.05) is 6.54 Å². The normalized spacial score (nSPS) is 12.2. The third-order valence-electron chi connectivity index (χ3n) is 0.376. The molecule has 1 nitrogen and oxygen atoms in total. The fourth-order valence-electron chi connectivity index (χ4n) is 0.218. The van der Waals surface area contributed by atoms with Crippen LogP contribution in [0.15, 0.2) is 4.99 Å². The molecule has 2 heteroatoms. The SMILES string of the molecule is CCN=C(C)Cl. The molecule has 0 saturated carbocycles. The molecule has 0 aromatic carbocycles. The molecule has 6 heavy (non-hydrogen) atoms. The lowest BCUT2D eigenvalue weighted by Crippen LogP contribution is -1.75. The first-order chi connectivity index (χ1) is 2.77. The van der Waals surface area contributed by atoms with E-state index in [-0.39, 0.29) is 0 Å². The van der Waals surface area contributed by atoms with Crippen molar-refractivity contribution in [2.45, 2.75) is 13.8 Å². The van der Waals surface area contributed by atoms with E-state index in [0.29, 0.717) is 5.17 Å². The maximum Gasteiger partial charge on any atom is 0.0971 e. The lowest BCUT2D eigenvalue weighted by atomic mass is 10.7. The third-order valence-corrected chi connectivity index (χ3v) is 0.496. The standard InChI is InChI=1S/C4H8ClN/c1-3-6-4(2)5/h3H2,1-2H3. The van der Waals surface area contributed by atoms with Crippen molar-refractivity contribution in [2.75, 3.05) is 6.54 Å². The Kier molecular flexibility index (Phi) is 3.14. The topological polar surface area (TPSA) is 12.4 Å². The average molecular weight is 106 g/mol. The second kappa shape index (κ2) is 3.16. The third kappa shape index (κ3) is 3.96. The minimum Gasteiger partial charge on any atom is -0.278 e. The first-order valence-corrected chi connectivity index (χ1v) is 2.31. The largest absolute Gasteiger partial charge is 0.278 e. The minimum absolute atomic E-state index is 0.637. The van der Waals surface area contributed by atoms with E-state index in [2.05, 4.69) is 4.99 Å². The lowest BCUT2D eigenvalue weighted by molar-refractivity contribution is 1.13. The van der Waals surface area contributed by atoms with Gasteiger partial charge in [-0.2, -0.15) is 0 Å². The quantitative estimate of drug-likeness (QED) is 0.450. The first kappa shape index (κ1) is 5.96. The summed E-state index contributed by atoms with van der Waals surface area (Å²) in [5.41, 5.74) is 0. The Morgan fingerprint density at radius 3 is 2.33 bits per heavy atom. The number of halogens is 1. The molecule has 0 spiro atoms. The van der Waals surface area contributed by atoms with Gasteiger partial charge >= 0.3 is 0 Å². The molecule has 0 radical (unpaired) electrons. The maximum absolute atomic E-state index is 5.33. The summed E-state index contributed by atoms with van der Waals surface area (Å²) in [4.78, 5) is 3.81. The number of hydrogen-bond donors (Lipinski definition) is 0. The molecule has 0 heterocycles. The van der Waals surface area contributed by atoms with Crippen LogP contribution >= 0.6 is 11.6 Å². The molecule has 0 unspecified atom stereocenters. The molecular weight excluding hydrogens is 97.5 g/mol. The van der Waals surface area contributed by atoms with E-state index in [9.17, 15) is 0 Å². The predicted octanol–water partition coefficient (Wildman–Crippen LogP) is 1.66. The summed E-state index contributed by atoms with van der Waals surface area (Å²) < 4.78 is 0. The Hall–Kier alpha value is -0.0400. The molecule has 0 amide bonds. The molecule has 0 fully saturated rings. The summed E-state index contributed by atoms with van der Waals surface area (Å²) >= 11 is 5.33. The van der Waals surface area contributed by atoms with Crippen LogP contribution in [0.1, 0.15) is 13.8 Å². The summed E-state index contributed by atoms with van der Waals surface area (Å²) in [5, 5.41) is 0.637. The zero-order valence-electron chi connectivity index (χ0n) is 4.03. The van der Waals surface area contributed by atoms with Crippen molar-refractivity contribution in [1.29, 1.82) is 0 Å². The van der Waals surface area contributed by atoms with Gasteiger partial charge in [0.2, 0.25) is 0 Å². The van der Waals surface area contributed by atoms with Crippen LogP contribution in [0.4, 0.5) is 0 Å². The highest BCUT2D eigenvalue weighted by Crippen LogP contribution is 1.80. The van der Waals surface area contributed by atoms with Gasteiger partial charge in [-0.05, 0) is 13.8 Å². The second-order valence-corrected chi connectivity index (χ2v) is 1.52. The lowest BCUT2D eigenvalue weighted by Gasteiger charge is -1.78. The van der Waals surface area contributed by atoms with Gasteiger partial charge in [-0.1, -0.05) is 11.6 Å². The monoisotopic (exact) mass is 105 g/mol. The summed E-state index contributed by atoms with van der Waals surface area (Å²) in [7, 11) is 0. The molecule has 0 aliphatic rings. The Morgan fingerprint density at radius 2 is 2.33 bits per heavy atom. The second-order valence-electron chi connectivity index (χ2n) is 0.971. The van der Waals surface area contributed by atoms with Crippen molar-refractivity contribution in [2.24, 2.45) is 4.99 Å². The molecule has 0 aromatic rings. The van der Waals surface area contributed by atoms with E-state index in [0.717, 1.165) is 6.54 Å². The van der Waals surface area contributed by atoms with E-state index in [1.807, 2.05) is 6.92 Å². The van der Waals surface area contributed by atoms with Gasteiger partial charge in [-0.3, -0.25) is 4.99 Å². The van der Waals surface area contributed by atoms with Gasteiger partial charge in [0.25, 0.3) is 0 Å². The Bertz CT molecular complexity index is 54.6. The van der Waals surface area contributed by atoms with Crippen LogP contribution in [0.25, 0.3) is 0 Å². The highest BCUT2D eigenvalue weighted by atomic mass is 35.5. The highest BCUT2D eigenvalue weighted by molar-refractivity contribution is 6.64. The molecule has 0 N–H and O–H groups in total. The first-order valence-electron chi connectivity index (χ1n) is 1.94. The van der Waals surface area contributed by atoms with Gasteiger partial charge in [0.05, 0.1) is 5.17 Å². The van der Waals surface area contributed by atoms with Crippen LogP contribution < -0.4 is 0 Å². The van der Waals surface area contributed by atoms with Crippen LogP contribution in [0.5, 0.6) is 0 Å². The van der Waals surface area contributed by atoms with E-state index in [1.54, 1.807) is 6.92 Å². The van der Waals surface area contributed by atoms with Crippen molar-refractivity contribution in [1.82, 2.24) is 0 Å². The average Bonchev–Trinajstić information content (AvgIpc) is 1.35. The molecule has 0 aliphatic heterocycles. The van der Waals surface area contributed by atoms with Gasteiger partial charge < -0.3 is 0 Å². The number of aliphatic imine (C=N–C) groups is 1. The maximum atomic E-state index is 5.33. The zero-order chi connectivity index (χ0) is 4.99. The van der Waals surface area contributed by atoms with E-state index >= 15 is 0 Å². The highest BCUT2D eigenvalue weighted by Gasteiger charge is 1.71. The fourth-order valence-corrected chi connectivity index (χ4v) is 0.337. The smallest absolute Gasteiger partial charge is 0.0971 e. The Balaban J connectivity index is 3.14. The van der Waals surface area contributed by atoms with Crippen molar-refractivity contribution in [3.05, 3.63) is 0 Å². The molecule has 0 bridgehead atoms. The number of nitrogens with zero attached hydrogens (tertiary/aromatic N) is 1. The van der Waals surface area contributed by atoms with Gasteiger partial charge in [0.15, 0.2) is 0 Å². The summed E-state index contributed by atoms with van der Waals surface area (Å²) in [5.74, 6) is 0. The van der Waals surface area contributed by atoms with Crippen LogP contribution in [0.3, 0.4) is 0 Å². The van der Waals surface area contributed by atoms with Crippen LogP contribution in [-0.2, 0) is 0 Å². The Morgan fingerprint density at radius 1 is 1.83 bits per heavy atom. The van der Waals surface area contributed by atoms with E-state index < -0.39 is 0 Å². The van der Waals surface area contributed by atoms with Crippen molar-refractivity contribution >= 4 is 16.8 Å². The molecular formula is C4H8ClN. The number of rotatable bonds is 1. The molecule has 36 valence electrons. The zero-order valence-corrected chi connectivity index (χ0v) is 4.79. The van der Waals surface area contributed by atoms with Crippen LogP contribution in [0.2, 0.25) is 0 Å². The van der Waals surface area contributed by atoms with Crippen molar-refractivity contribution in [3.8, 4) is 0 Å². The van der Waals surface area contributed by atoms with E-state index in [1.165, 1.54) is 0 Å². The molecule has 0 aromatic heterocycles. The predicted molar refractivity (Wildman–Crippen MR) is 29.5 cm³/mol. The molecule has 0 atom stereocenters. The summed E-state index contributed by atoms with van der Waals surface area (Å²) in [6.07, 6.45) is 0. The van der Waals surface area contributed by atoms with Crippen molar-refractivity contribution in [3.63, 3.8) is 0 Å².